The molecule has 1 saturated heterocycles. The van der Waals surface area contributed by atoms with Crippen molar-refractivity contribution in [1.82, 2.24) is 5.32 Å². The number of halogens is 3. The Labute approximate surface area is 97.7 Å². The minimum atomic E-state index is -5.08. The number of carboxylic acids is 1. The van der Waals surface area contributed by atoms with Crippen LogP contribution in [0.1, 0.15) is 19.3 Å². The summed E-state index contributed by atoms with van der Waals surface area (Å²) in [5.41, 5.74) is 0.758. The second kappa shape index (κ2) is 5.08. The standard InChI is InChI=1S/C9H15N.C2HF3O2/c1-2-3-8-4-9(5-8)6-10-7-9;3-2(4,5)1(6)7/h2,8,10H,1,3-7H2;(H,6,7). The van der Waals surface area contributed by atoms with Crippen LogP contribution in [0.15, 0.2) is 12.7 Å². The molecular formula is C11H16F3NO2. The van der Waals surface area contributed by atoms with Crippen molar-refractivity contribution in [3.8, 4) is 0 Å². The van der Waals surface area contributed by atoms with Crippen molar-refractivity contribution in [2.45, 2.75) is 25.4 Å². The number of carboxylic acid groups (broad SMARTS) is 1. The molecule has 0 atom stereocenters. The van der Waals surface area contributed by atoms with E-state index in [0.29, 0.717) is 0 Å². The predicted molar refractivity (Wildman–Crippen MR) is 56.5 cm³/mol. The fourth-order valence-electron chi connectivity index (χ4n) is 2.33. The van der Waals surface area contributed by atoms with Crippen molar-refractivity contribution < 1.29 is 23.1 Å². The third kappa shape index (κ3) is 3.73. The minimum Gasteiger partial charge on any atom is -0.475 e. The van der Waals surface area contributed by atoms with E-state index in [1.165, 1.54) is 32.4 Å². The van der Waals surface area contributed by atoms with E-state index in [1.807, 2.05) is 0 Å². The molecule has 0 unspecified atom stereocenters. The van der Waals surface area contributed by atoms with Gasteiger partial charge in [-0.2, -0.15) is 13.2 Å². The van der Waals surface area contributed by atoms with Crippen LogP contribution in [-0.2, 0) is 4.79 Å². The van der Waals surface area contributed by atoms with Gasteiger partial charge in [0.1, 0.15) is 0 Å². The summed E-state index contributed by atoms with van der Waals surface area (Å²) in [6.45, 7) is 6.32. The van der Waals surface area contributed by atoms with Crippen molar-refractivity contribution in [3.63, 3.8) is 0 Å². The Kier molecular flexibility index (Phi) is 4.19. The van der Waals surface area contributed by atoms with E-state index < -0.39 is 12.1 Å². The normalized spacial score (nSPS) is 21.8. The number of nitrogens with one attached hydrogen (secondary N) is 1. The lowest BCUT2D eigenvalue weighted by molar-refractivity contribution is -0.192. The number of aliphatic carboxylic acids is 1. The summed E-state index contributed by atoms with van der Waals surface area (Å²) in [7, 11) is 0. The predicted octanol–water partition coefficient (Wildman–Crippen LogP) is 2.20. The molecule has 1 aliphatic carbocycles. The maximum Gasteiger partial charge on any atom is 0.490 e. The molecule has 0 amide bonds. The quantitative estimate of drug-likeness (QED) is 0.740. The van der Waals surface area contributed by atoms with Crippen LogP contribution in [0.3, 0.4) is 0 Å². The van der Waals surface area contributed by atoms with Crippen LogP contribution in [0.25, 0.3) is 0 Å². The molecule has 0 aromatic rings. The SMILES string of the molecule is C=CCC1CC2(CNC2)C1.O=C(O)C(F)(F)F. The summed E-state index contributed by atoms with van der Waals surface area (Å²) >= 11 is 0. The van der Waals surface area contributed by atoms with Crippen molar-refractivity contribution >= 4 is 5.97 Å². The van der Waals surface area contributed by atoms with Crippen LogP contribution in [0.4, 0.5) is 13.2 Å². The van der Waals surface area contributed by atoms with E-state index in [0.717, 1.165) is 11.3 Å². The molecule has 2 fully saturated rings. The first-order valence-corrected chi connectivity index (χ1v) is 5.41. The Hall–Kier alpha value is -1.04. The molecule has 0 aromatic carbocycles. The summed E-state index contributed by atoms with van der Waals surface area (Å²) in [5.74, 6) is -1.79. The van der Waals surface area contributed by atoms with Gasteiger partial charge in [-0.05, 0) is 30.6 Å². The molecule has 1 heterocycles. The van der Waals surface area contributed by atoms with Gasteiger partial charge in [-0.15, -0.1) is 6.58 Å². The molecule has 6 heteroatoms. The van der Waals surface area contributed by atoms with Gasteiger partial charge in [-0.1, -0.05) is 6.08 Å². The Morgan fingerprint density at radius 1 is 1.47 bits per heavy atom. The van der Waals surface area contributed by atoms with Crippen molar-refractivity contribution in [1.29, 1.82) is 0 Å². The Balaban J connectivity index is 0.000000185. The topological polar surface area (TPSA) is 49.3 Å². The van der Waals surface area contributed by atoms with Gasteiger partial charge in [0.25, 0.3) is 0 Å². The van der Waals surface area contributed by atoms with Crippen LogP contribution in [-0.4, -0.2) is 30.3 Å². The maximum absolute atomic E-state index is 10.6. The zero-order chi connectivity index (χ0) is 13.1. The lowest BCUT2D eigenvalue weighted by Gasteiger charge is -2.54. The van der Waals surface area contributed by atoms with E-state index in [9.17, 15) is 13.2 Å². The van der Waals surface area contributed by atoms with Crippen LogP contribution in [0.2, 0.25) is 0 Å². The molecule has 3 nitrogen and oxygen atoms in total. The number of alkyl halides is 3. The molecule has 2 aliphatic rings. The number of allylic oxidation sites excluding steroid dienone is 1. The van der Waals surface area contributed by atoms with Crippen LogP contribution in [0, 0.1) is 11.3 Å². The van der Waals surface area contributed by atoms with Gasteiger partial charge >= 0.3 is 12.1 Å². The van der Waals surface area contributed by atoms with Gasteiger partial charge in [0.05, 0.1) is 0 Å². The second-order valence-corrected chi connectivity index (χ2v) is 4.71. The lowest BCUT2D eigenvalue weighted by Crippen LogP contribution is -2.60. The third-order valence-electron chi connectivity index (χ3n) is 3.19. The average Bonchev–Trinajstić information content (AvgIpc) is 2.06. The number of hydrogen-bond acceptors (Lipinski definition) is 2. The van der Waals surface area contributed by atoms with E-state index in [-0.39, 0.29) is 0 Å². The van der Waals surface area contributed by atoms with Gasteiger partial charge in [0.2, 0.25) is 0 Å². The van der Waals surface area contributed by atoms with Gasteiger partial charge < -0.3 is 10.4 Å². The Morgan fingerprint density at radius 2 is 1.94 bits per heavy atom. The van der Waals surface area contributed by atoms with Crippen molar-refractivity contribution in [2.24, 2.45) is 11.3 Å². The highest BCUT2D eigenvalue weighted by Gasteiger charge is 2.47. The molecule has 2 N–H and O–H groups in total. The smallest absolute Gasteiger partial charge is 0.475 e. The highest BCUT2D eigenvalue weighted by molar-refractivity contribution is 5.73. The van der Waals surface area contributed by atoms with Crippen molar-refractivity contribution in [2.75, 3.05) is 13.1 Å². The third-order valence-corrected chi connectivity index (χ3v) is 3.19. The molecule has 98 valence electrons. The van der Waals surface area contributed by atoms with Gasteiger partial charge in [-0.25, -0.2) is 4.79 Å². The number of rotatable bonds is 2. The first-order chi connectivity index (χ1) is 7.79. The van der Waals surface area contributed by atoms with Crippen LogP contribution in [0.5, 0.6) is 0 Å². The van der Waals surface area contributed by atoms with E-state index in [4.69, 9.17) is 9.90 Å². The van der Waals surface area contributed by atoms with Gasteiger partial charge in [-0.3, -0.25) is 0 Å². The first kappa shape index (κ1) is 14.0. The molecule has 1 saturated carbocycles. The highest BCUT2D eigenvalue weighted by Crippen LogP contribution is 2.49. The minimum absolute atomic E-state index is 0.758. The number of hydrogen-bond donors (Lipinski definition) is 2. The summed E-state index contributed by atoms with van der Waals surface area (Å²) in [6.07, 6.45) is 1.11. The lowest BCUT2D eigenvalue weighted by atomic mass is 9.58. The fraction of sp³-hybridized carbons (Fsp3) is 0.727. The molecule has 1 aliphatic heterocycles. The van der Waals surface area contributed by atoms with E-state index in [1.54, 1.807) is 0 Å². The Morgan fingerprint density at radius 3 is 2.18 bits per heavy atom. The average molecular weight is 251 g/mol. The Bertz CT molecular complexity index is 290. The van der Waals surface area contributed by atoms with E-state index >= 15 is 0 Å². The molecule has 17 heavy (non-hydrogen) atoms. The van der Waals surface area contributed by atoms with Crippen LogP contribution >= 0.6 is 0 Å². The summed E-state index contributed by atoms with van der Waals surface area (Å²) in [6, 6.07) is 0. The maximum atomic E-state index is 10.6. The molecular weight excluding hydrogens is 235 g/mol. The summed E-state index contributed by atoms with van der Waals surface area (Å²) in [4.78, 5) is 8.90. The zero-order valence-corrected chi connectivity index (χ0v) is 9.39. The fourth-order valence-corrected chi connectivity index (χ4v) is 2.33. The molecule has 0 aromatic heterocycles. The highest BCUT2D eigenvalue weighted by atomic mass is 19.4. The van der Waals surface area contributed by atoms with E-state index in [2.05, 4.69) is 18.0 Å². The molecule has 0 radical (unpaired) electrons. The summed E-state index contributed by atoms with van der Waals surface area (Å²) in [5, 5.41) is 10.5. The molecule has 2 rings (SSSR count). The summed E-state index contributed by atoms with van der Waals surface area (Å²) < 4.78 is 31.7. The second-order valence-electron chi connectivity index (χ2n) is 4.71. The molecule has 0 bridgehead atoms. The van der Waals surface area contributed by atoms with Crippen LogP contribution < -0.4 is 5.32 Å². The molecule has 1 spiro atoms. The van der Waals surface area contributed by atoms with Gasteiger partial charge in [0.15, 0.2) is 0 Å². The monoisotopic (exact) mass is 251 g/mol. The largest absolute Gasteiger partial charge is 0.490 e. The first-order valence-electron chi connectivity index (χ1n) is 5.41. The van der Waals surface area contributed by atoms with Crippen molar-refractivity contribution in [3.05, 3.63) is 12.7 Å². The van der Waals surface area contributed by atoms with Gasteiger partial charge in [0, 0.05) is 13.1 Å². The number of carbonyl (C=O) groups is 1. The zero-order valence-electron chi connectivity index (χ0n) is 9.39.